The van der Waals surface area contributed by atoms with Crippen LogP contribution >= 0.6 is 12.2 Å². The van der Waals surface area contributed by atoms with E-state index in [4.69, 9.17) is 17.3 Å². The van der Waals surface area contributed by atoms with Gasteiger partial charge in [0.05, 0.1) is 12.9 Å². The maximum absolute atomic E-state index is 13.8. The fourth-order valence-electron chi connectivity index (χ4n) is 4.97. The van der Waals surface area contributed by atoms with Gasteiger partial charge in [0.15, 0.2) is 11.6 Å². The Bertz CT molecular complexity index is 1900. The fourth-order valence-corrected chi connectivity index (χ4v) is 5.28. The van der Waals surface area contributed by atoms with Gasteiger partial charge in [0, 0.05) is 37.4 Å². The molecule has 226 valence electrons. The SMILES string of the molecule is Cc1ccc(-c2nn(Cc3nn(CN4CCN(C)CC4)c(=S)n3-c3ccc(F)cc3)c(=O)n2/N=C/c2ccc(F)cc2)cc1. The van der Waals surface area contributed by atoms with E-state index in [1.807, 2.05) is 31.2 Å². The zero-order valence-corrected chi connectivity index (χ0v) is 25.2. The standard InChI is InChI=1S/C31H31F2N9OS/c1-22-3-7-24(8-4-22)29-36-39(30(43)42(29)34-19-23-5-9-25(32)10-6-23)20-28-35-40(21-38-17-15-37(2)16-18-38)31(44)41(28)27-13-11-26(33)12-14-27/h3-14,19H,15-18,20-21H2,1-2H3/b34-19+. The van der Waals surface area contributed by atoms with E-state index in [0.29, 0.717) is 39.9 Å². The molecule has 0 atom stereocenters. The van der Waals surface area contributed by atoms with Crippen LogP contribution in [-0.2, 0) is 13.2 Å². The number of benzene rings is 3. The average Bonchev–Trinajstić information content (AvgIpc) is 3.49. The molecule has 3 heterocycles. The molecule has 1 aliphatic heterocycles. The molecule has 0 radical (unpaired) electrons. The summed E-state index contributed by atoms with van der Waals surface area (Å²) in [5, 5.41) is 13.9. The number of rotatable bonds is 8. The number of halogens is 2. The van der Waals surface area contributed by atoms with E-state index in [1.165, 1.54) is 39.8 Å². The first-order chi connectivity index (χ1) is 21.2. The van der Waals surface area contributed by atoms with Crippen molar-refractivity contribution in [2.24, 2.45) is 5.10 Å². The molecule has 0 aliphatic carbocycles. The lowest BCUT2D eigenvalue weighted by molar-refractivity contribution is 0.118. The second-order valence-electron chi connectivity index (χ2n) is 10.8. The molecule has 0 unspecified atom stereocenters. The van der Waals surface area contributed by atoms with Crippen molar-refractivity contribution in [3.8, 4) is 17.1 Å². The third-order valence-electron chi connectivity index (χ3n) is 7.53. The number of hydrogen-bond donors (Lipinski definition) is 0. The van der Waals surface area contributed by atoms with Crippen LogP contribution in [-0.4, -0.2) is 78.0 Å². The summed E-state index contributed by atoms with van der Waals surface area (Å²) >= 11 is 5.86. The highest BCUT2D eigenvalue weighted by Crippen LogP contribution is 2.19. The van der Waals surface area contributed by atoms with Gasteiger partial charge < -0.3 is 4.90 Å². The van der Waals surface area contributed by atoms with E-state index in [9.17, 15) is 13.6 Å². The Morgan fingerprint density at radius 1 is 0.864 bits per heavy atom. The van der Waals surface area contributed by atoms with Crippen LogP contribution < -0.4 is 5.69 Å². The van der Waals surface area contributed by atoms with E-state index in [0.717, 1.165) is 31.7 Å². The molecule has 0 bridgehead atoms. The summed E-state index contributed by atoms with van der Waals surface area (Å²) in [7, 11) is 2.09. The molecule has 1 aliphatic rings. The normalized spacial score (nSPS) is 14.5. The van der Waals surface area contributed by atoms with Gasteiger partial charge >= 0.3 is 5.69 Å². The number of aryl methyl sites for hydroxylation is 1. The molecule has 1 fully saturated rings. The molecule has 44 heavy (non-hydrogen) atoms. The summed E-state index contributed by atoms with van der Waals surface area (Å²) in [6.07, 6.45) is 1.48. The van der Waals surface area contributed by atoms with Crippen LogP contribution in [0.5, 0.6) is 0 Å². The van der Waals surface area contributed by atoms with E-state index in [-0.39, 0.29) is 18.2 Å². The Balaban J connectivity index is 1.41. The Morgan fingerprint density at radius 3 is 2.16 bits per heavy atom. The van der Waals surface area contributed by atoms with Crippen molar-refractivity contribution in [3.05, 3.63) is 117 Å². The molecule has 1 saturated heterocycles. The molecular formula is C31H31F2N9OS. The van der Waals surface area contributed by atoms with Gasteiger partial charge in [-0.1, -0.05) is 42.0 Å². The van der Waals surface area contributed by atoms with Gasteiger partial charge in [-0.2, -0.15) is 14.9 Å². The minimum atomic E-state index is -0.496. The Labute approximate surface area is 257 Å². The van der Waals surface area contributed by atoms with Crippen LogP contribution in [0.2, 0.25) is 0 Å². The number of likely N-dealkylation sites (N-methyl/N-ethyl adjacent to an activating group) is 1. The van der Waals surface area contributed by atoms with Crippen molar-refractivity contribution in [3.63, 3.8) is 0 Å². The number of hydrogen-bond acceptors (Lipinski definition) is 7. The molecule has 5 aromatic rings. The predicted molar refractivity (Wildman–Crippen MR) is 167 cm³/mol. The number of nitrogens with zero attached hydrogens (tertiary/aromatic N) is 9. The Hall–Kier alpha value is -4.59. The van der Waals surface area contributed by atoms with Crippen LogP contribution in [0.1, 0.15) is 17.0 Å². The van der Waals surface area contributed by atoms with Crippen LogP contribution in [0.25, 0.3) is 17.1 Å². The minimum absolute atomic E-state index is 0.0203. The quantitative estimate of drug-likeness (QED) is 0.193. The van der Waals surface area contributed by atoms with Gasteiger partial charge in [-0.25, -0.2) is 22.9 Å². The monoisotopic (exact) mass is 615 g/mol. The minimum Gasteiger partial charge on any atom is -0.304 e. The Morgan fingerprint density at radius 2 is 1.50 bits per heavy atom. The second kappa shape index (κ2) is 12.6. The predicted octanol–water partition coefficient (Wildman–Crippen LogP) is 4.15. The summed E-state index contributed by atoms with van der Waals surface area (Å²) in [5.74, 6) is 0.0519. The first kappa shape index (κ1) is 29.5. The third-order valence-corrected chi connectivity index (χ3v) is 7.93. The zero-order valence-electron chi connectivity index (χ0n) is 24.3. The van der Waals surface area contributed by atoms with E-state index < -0.39 is 5.69 Å². The van der Waals surface area contributed by atoms with Crippen molar-refractivity contribution in [2.45, 2.75) is 20.1 Å². The molecule has 10 nitrogen and oxygen atoms in total. The fraction of sp³-hybridized carbons (Fsp3) is 0.258. The van der Waals surface area contributed by atoms with Crippen LogP contribution in [0.3, 0.4) is 0 Å². The smallest absolute Gasteiger partial charge is 0.304 e. The molecule has 13 heteroatoms. The topological polar surface area (TPSA) is 81.4 Å². The number of aromatic nitrogens is 6. The molecule has 2 aromatic heterocycles. The van der Waals surface area contributed by atoms with Gasteiger partial charge in [0.2, 0.25) is 4.77 Å². The molecular weight excluding hydrogens is 584 g/mol. The summed E-state index contributed by atoms with van der Waals surface area (Å²) < 4.78 is 33.7. The third kappa shape index (κ3) is 6.34. The maximum atomic E-state index is 13.8. The molecule has 0 amide bonds. The Kier molecular flexibility index (Phi) is 8.42. The zero-order chi connectivity index (χ0) is 30.8. The lowest BCUT2D eigenvalue weighted by Crippen LogP contribution is -2.45. The summed E-state index contributed by atoms with van der Waals surface area (Å²) in [5.41, 5.74) is 2.49. The van der Waals surface area contributed by atoms with Gasteiger partial charge in [0.1, 0.15) is 18.2 Å². The highest BCUT2D eigenvalue weighted by atomic mass is 32.1. The van der Waals surface area contributed by atoms with E-state index in [1.54, 1.807) is 33.5 Å². The first-order valence-corrected chi connectivity index (χ1v) is 14.6. The molecule has 0 spiro atoms. The van der Waals surface area contributed by atoms with Gasteiger partial charge in [-0.3, -0.25) is 9.47 Å². The first-order valence-electron chi connectivity index (χ1n) is 14.2. The van der Waals surface area contributed by atoms with Crippen molar-refractivity contribution in [1.29, 1.82) is 0 Å². The summed E-state index contributed by atoms with van der Waals surface area (Å²) in [6.45, 7) is 6.04. The largest absolute Gasteiger partial charge is 0.367 e. The van der Waals surface area contributed by atoms with Crippen molar-refractivity contribution in [2.75, 3.05) is 33.2 Å². The van der Waals surface area contributed by atoms with Gasteiger partial charge in [-0.15, -0.1) is 5.10 Å². The average molecular weight is 616 g/mol. The summed E-state index contributed by atoms with van der Waals surface area (Å²) in [6, 6.07) is 19.4. The van der Waals surface area contributed by atoms with Crippen LogP contribution in [0, 0.1) is 23.3 Å². The van der Waals surface area contributed by atoms with Gasteiger partial charge in [-0.05, 0) is 68.2 Å². The highest BCUT2D eigenvalue weighted by molar-refractivity contribution is 7.71. The molecule has 0 N–H and O–H groups in total. The molecule has 0 saturated carbocycles. The molecule has 6 rings (SSSR count). The van der Waals surface area contributed by atoms with Crippen molar-refractivity contribution in [1.82, 2.24) is 38.6 Å². The lowest BCUT2D eigenvalue weighted by atomic mass is 10.1. The van der Waals surface area contributed by atoms with E-state index in [2.05, 4.69) is 27.0 Å². The van der Waals surface area contributed by atoms with Crippen LogP contribution in [0.4, 0.5) is 8.78 Å². The maximum Gasteiger partial charge on any atom is 0.367 e. The molecule has 3 aromatic carbocycles. The summed E-state index contributed by atoms with van der Waals surface area (Å²) in [4.78, 5) is 18.3. The van der Waals surface area contributed by atoms with Crippen molar-refractivity contribution < 1.29 is 8.78 Å². The number of piperazine rings is 1. The van der Waals surface area contributed by atoms with Crippen LogP contribution in [0.15, 0.2) is 82.7 Å². The second-order valence-corrected chi connectivity index (χ2v) is 11.2. The highest BCUT2D eigenvalue weighted by Gasteiger charge is 2.21. The van der Waals surface area contributed by atoms with Gasteiger partial charge in [0.25, 0.3) is 0 Å². The van der Waals surface area contributed by atoms with Crippen molar-refractivity contribution >= 4 is 18.4 Å². The van der Waals surface area contributed by atoms with E-state index >= 15 is 0 Å². The lowest BCUT2D eigenvalue weighted by Gasteiger charge is -2.31.